The highest BCUT2D eigenvalue weighted by atomic mass is 35.5. The van der Waals surface area contributed by atoms with Crippen LogP contribution in [0.1, 0.15) is 0 Å². The number of nitrogens with one attached hydrogen (secondary N) is 1. The molecule has 0 saturated heterocycles. The molecule has 0 atom stereocenters. The van der Waals surface area contributed by atoms with Crippen molar-refractivity contribution >= 4 is 63.7 Å². The summed E-state index contributed by atoms with van der Waals surface area (Å²) in [5.74, 6) is 0. The van der Waals surface area contributed by atoms with Crippen molar-refractivity contribution in [3.05, 3.63) is 30.2 Å². The van der Waals surface area contributed by atoms with Gasteiger partial charge in [0.05, 0.1) is 25.1 Å². The van der Waals surface area contributed by atoms with Crippen LogP contribution >= 0.6 is 58.0 Å². The molecule has 0 radical (unpaired) electrons. The molecule has 0 amide bonds. The third-order valence-corrected chi connectivity index (χ3v) is 3.65. The summed E-state index contributed by atoms with van der Waals surface area (Å²) in [7, 11) is 0. The molecule has 0 aliphatic rings. The minimum Gasteiger partial charge on any atom is -0.0810 e. The average molecular weight is 292 g/mol. The van der Waals surface area contributed by atoms with Crippen LogP contribution in [-0.2, 0) is 0 Å². The van der Waals surface area contributed by atoms with Gasteiger partial charge in [-0.05, 0) is 5.43 Å². The van der Waals surface area contributed by atoms with Gasteiger partial charge in [0.2, 0.25) is 0 Å². The average Bonchev–Trinajstić information content (AvgIpc) is 2.19. The Morgan fingerprint density at radius 1 is 0.786 bits per heavy atom. The first-order chi connectivity index (χ1) is 6.50. The van der Waals surface area contributed by atoms with Crippen LogP contribution in [0.15, 0.2) is 0 Å². The molecular weight excluding hydrogens is 291 g/mol. The van der Waals surface area contributed by atoms with Gasteiger partial charge in [-0.3, -0.25) is 0 Å². The maximum absolute atomic E-state index is 8.30. The lowest BCUT2D eigenvalue weighted by Crippen LogP contribution is -1.90. The highest BCUT2D eigenvalue weighted by Crippen LogP contribution is 2.46. The van der Waals surface area contributed by atoms with Gasteiger partial charge in [-0.1, -0.05) is 58.0 Å². The third kappa shape index (κ3) is 1.95. The number of hydrogen-bond donors (Lipinski definition) is 1. The molecule has 0 aliphatic carbocycles. The first-order valence-corrected chi connectivity index (χ1v) is 5.01. The van der Waals surface area contributed by atoms with E-state index in [9.17, 15) is 0 Å². The van der Waals surface area contributed by atoms with Gasteiger partial charge in [-0.25, -0.2) is 0 Å². The van der Waals surface area contributed by atoms with E-state index >= 15 is 0 Å². The zero-order valence-electron chi connectivity index (χ0n) is 6.28. The van der Waals surface area contributed by atoms with Crippen LogP contribution in [-0.4, -0.2) is 0 Å². The number of anilines is 1. The third-order valence-electron chi connectivity index (χ3n) is 1.37. The smallest absolute Gasteiger partial charge is 0.0810 e. The molecule has 74 valence electrons. The van der Waals surface area contributed by atoms with Crippen molar-refractivity contribution in [3.8, 4) is 0 Å². The predicted molar refractivity (Wildman–Crippen MR) is 60.2 cm³/mol. The van der Waals surface area contributed by atoms with Crippen molar-refractivity contribution in [2.45, 2.75) is 0 Å². The molecule has 0 bridgehead atoms. The van der Waals surface area contributed by atoms with Gasteiger partial charge < -0.3 is 0 Å². The van der Waals surface area contributed by atoms with E-state index in [1.807, 2.05) is 0 Å². The molecule has 1 rings (SSSR count). The van der Waals surface area contributed by atoms with E-state index in [0.29, 0.717) is 0 Å². The number of halogens is 5. The summed E-state index contributed by atoms with van der Waals surface area (Å²) in [4.78, 5) is 0. The van der Waals surface area contributed by atoms with E-state index in [1.54, 1.807) is 0 Å². The maximum atomic E-state index is 8.30. The van der Waals surface area contributed by atoms with Crippen LogP contribution in [0.4, 0.5) is 5.69 Å². The molecule has 0 aliphatic heterocycles. The van der Waals surface area contributed by atoms with Crippen LogP contribution in [0.2, 0.25) is 25.1 Å². The van der Waals surface area contributed by atoms with Crippen molar-refractivity contribution in [2.24, 2.45) is 0 Å². The fourth-order valence-electron chi connectivity index (χ4n) is 0.753. The summed E-state index contributed by atoms with van der Waals surface area (Å²) in [5, 5.41) is 11.1. The minimum atomic E-state index is 0.0314. The quantitative estimate of drug-likeness (QED) is 0.337. The lowest BCUT2D eigenvalue weighted by Gasteiger charge is -2.06. The molecule has 0 unspecified atom stereocenters. The van der Waals surface area contributed by atoms with Crippen LogP contribution in [0.3, 0.4) is 0 Å². The Hall–Kier alpha value is -0.110. The standard InChI is InChI=1S/C6HCl5N3/c7-1-2(8)4(10)6(13-14-12)5(11)3(1)9/h13H/q+1. The summed E-state index contributed by atoms with van der Waals surface area (Å²) in [6.07, 6.45) is 0. The second kappa shape index (κ2) is 4.61. The highest BCUT2D eigenvalue weighted by molar-refractivity contribution is 6.56. The van der Waals surface area contributed by atoms with E-state index in [4.69, 9.17) is 63.4 Å². The van der Waals surface area contributed by atoms with E-state index in [2.05, 4.69) is 10.5 Å². The van der Waals surface area contributed by atoms with E-state index < -0.39 is 0 Å². The first kappa shape index (κ1) is 12.0. The summed E-state index contributed by atoms with van der Waals surface area (Å²) in [5.41, 5.74) is 2.23. The Morgan fingerprint density at radius 2 is 1.14 bits per heavy atom. The van der Waals surface area contributed by atoms with Crippen LogP contribution in [0, 0.1) is 5.39 Å². The zero-order chi connectivity index (χ0) is 10.9. The van der Waals surface area contributed by atoms with Gasteiger partial charge in [-0.15, -0.1) is 0 Å². The van der Waals surface area contributed by atoms with Gasteiger partial charge in [-0.2, -0.15) is 0 Å². The van der Waals surface area contributed by atoms with Crippen LogP contribution < -0.4 is 5.43 Å². The summed E-state index contributed by atoms with van der Waals surface area (Å²) < 4.78 is 0. The predicted octanol–water partition coefficient (Wildman–Crippen LogP) is 5.13. The number of nitrogens with zero attached hydrogens (tertiary/aromatic N) is 2. The SMILES string of the molecule is N#[N+]Nc1c(Cl)c(Cl)c(Cl)c(Cl)c1Cl. The Morgan fingerprint density at radius 3 is 1.50 bits per heavy atom. The Bertz CT molecular complexity index is 395. The second-order valence-electron chi connectivity index (χ2n) is 2.16. The van der Waals surface area contributed by atoms with Gasteiger partial charge in [0, 0.05) is 0 Å². The van der Waals surface area contributed by atoms with Gasteiger partial charge in [0.1, 0.15) is 0 Å². The summed E-state index contributed by atoms with van der Waals surface area (Å²) in [6, 6.07) is 0. The Kier molecular flexibility index (Phi) is 3.94. The van der Waals surface area contributed by atoms with Crippen LogP contribution in [0.5, 0.6) is 0 Å². The number of hydrogen-bond acceptors (Lipinski definition) is 2. The molecule has 0 spiro atoms. The summed E-state index contributed by atoms with van der Waals surface area (Å²) in [6.45, 7) is 0. The lowest BCUT2D eigenvalue weighted by molar-refractivity contribution is 1.39. The van der Waals surface area contributed by atoms with Gasteiger partial charge in [0.25, 0.3) is 5.39 Å². The van der Waals surface area contributed by atoms with Crippen molar-refractivity contribution in [2.75, 3.05) is 5.43 Å². The molecule has 0 saturated carbocycles. The van der Waals surface area contributed by atoms with Gasteiger partial charge >= 0.3 is 5.08 Å². The molecular formula is C6HCl5N3+. The molecule has 3 nitrogen and oxygen atoms in total. The van der Waals surface area contributed by atoms with Crippen molar-refractivity contribution in [1.29, 1.82) is 5.39 Å². The molecule has 1 N–H and O–H groups in total. The molecule has 0 aromatic heterocycles. The minimum absolute atomic E-state index is 0.0314. The summed E-state index contributed by atoms with van der Waals surface area (Å²) >= 11 is 28.7. The number of diazo groups is 1. The monoisotopic (exact) mass is 290 g/mol. The zero-order valence-corrected chi connectivity index (χ0v) is 10.1. The second-order valence-corrected chi connectivity index (χ2v) is 4.05. The van der Waals surface area contributed by atoms with E-state index in [-0.39, 0.29) is 30.8 Å². The maximum Gasteiger partial charge on any atom is 0.308 e. The van der Waals surface area contributed by atoms with E-state index in [1.165, 1.54) is 0 Å². The lowest BCUT2D eigenvalue weighted by atomic mass is 10.3. The molecule has 8 heteroatoms. The van der Waals surface area contributed by atoms with Crippen molar-refractivity contribution in [1.82, 2.24) is 0 Å². The van der Waals surface area contributed by atoms with Crippen molar-refractivity contribution in [3.63, 3.8) is 0 Å². The molecule has 14 heavy (non-hydrogen) atoms. The fraction of sp³-hybridized carbons (Fsp3) is 0. The Balaban J connectivity index is 3.53. The van der Waals surface area contributed by atoms with Crippen molar-refractivity contribution < 1.29 is 0 Å². The number of rotatable bonds is 1. The molecule has 0 heterocycles. The Labute approximate surface area is 104 Å². The van der Waals surface area contributed by atoms with Crippen LogP contribution in [0.25, 0.3) is 5.08 Å². The van der Waals surface area contributed by atoms with E-state index in [0.717, 1.165) is 0 Å². The largest absolute Gasteiger partial charge is 0.308 e. The molecule has 1 aromatic rings. The molecule has 0 fully saturated rings. The first-order valence-electron chi connectivity index (χ1n) is 3.12. The van der Waals surface area contributed by atoms with Gasteiger partial charge in [0.15, 0.2) is 5.69 Å². The topological polar surface area (TPSA) is 40.2 Å². The normalized spacial score (nSPS) is 9.71. The highest BCUT2D eigenvalue weighted by Gasteiger charge is 2.21. The molecule has 1 aromatic carbocycles. The fourth-order valence-corrected chi connectivity index (χ4v) is 1.98. The number of benzene rings is 1.